The van der Waals surface area contributed by atoms with Crippen molar-refractivity contribution in [2.24, 2.45) is 0 Å². The normalized spacial score (nSPS) is 11.8. The number of ether oxygens (including phenoxy) is 1. The topological polar surface area (TPSA) is 139 Å². The molecule has 0 radical (unpaired) electrons. The molecule has 1 atom stereocenters. The Bertz CT molecular complexity index is 1480. The Morgan fingerprint density at radius 3 is 2.36 bits per heavy atom. The van der Waals surface area contributed by atoms with E-state index in [1.807, 2.05) is 6.92 Å². The van der Waals surface area contributed by atoms with Crippen LogP contribution in [-0.4, -0.2) is 56.3 Å². The molecule has 3 aromatic rings. The second-order valence-electron chi connectivity index (χ2n) is 9.54. The van der Waals surface area contributed by atoms with E-state index in [1.54, 1.807) is 49.4 Å². The summed E-state index contributed by atoms with van der Waals surface area (Å²) >= 11 is 0. The Kier molecular flexibility index (Phi) is 11.4. The van der Waals surface area contributed by atoms with Gasteiger partial charge in [-0.3, -0.25) is 24.0 Å². The van der Waals surface area contributed by atoms with Crippen molar-refractivity contribution in [3.05, 3.63) is 94.5 Å². The number of hydrogen-bond acceptors (Lipinski definition) is 7. The number of nitro benzene ring substituents is 1. The number of benzene rings is 3. The van der Waals surface area contributed by atoms with Crippen LogP contribution < -0.4 is 14.4 Å². The minimum atomic E-state index is -4.34. The smallest absolute Gasteiger partial charge is 0.271 e. The van der Waals surface area contributed by atoms with Crippen LogP contribution in [-0.2, 0) is 26.2 Å². The zero-order valence-corrected chi connectivity index (χ0v) is 24.7. The van der Waals surface area contributed by atoms with Crippen LogP contribution in [0.1, 0.15) is 38.7 Å². The van der Waals surface area contributed by atoms with E-state index < -0.39 is 33.4 Å². The molecule has 0 fully saturated rings. The number of unbranched alkanes of at least 4 members (excludes halogenated alkanes) is 1. The summed E-state index contributed by atoms with van der Waals surface area (Å²) in [7, 11) is -2.82. The van der Waals surface area contributed by atoms with Crippen molar-refractivity contribution in [3.63, 3.8) is 0 Å². The maximum Gasteiger partial charge on any atom is 0.271 e. The summed E-state index contributed by atoms with van der Waals surface area (Å²) in [5.41, 5.74) is 0.293. The molecule has 224 valence electrons. The maximum atomic E-state index is 14.1. The number of carbonyl (C=O) groups excluding carboxylic acids is 2. The van der Waals surface area contributed by atoms with Gasteiger partial charge in [0, 0.05) is 25.2 Å². The Morgan fingerprint density at radius 2 is 1.71 bits per heavy atom. The molecule has 0 aliphatic rings. The van der Waals surface area contributed by atoms with Gasteiger partial charge in [0.25, 0.3) is 15.7 Å². The molecule has 0 spiro atoms. The van der Waals surface area contributed by atoms with E-state index in [9.17, 15) is 28.1 Å². The zero-order valence-electron chi connectivity index (χ0n) is 23.9. The minimum absolute atomic E-state index is 0.00387. The summed E-state index contributed by atoms with van der Waals surface area (Å²) in [6, 6.07) is 18.7. The van der Waals surface area contributed by atoms with Gasteiger partial charge in [-0.05, 0) is 48.7 Å². The average molecular weight is 597 g/mol. The van der Waals surface area contributed by atoms with Crippen LogP contribution in [0.2, 0.25) is 0 Å². The van der Waals surface area contributed by atoms with Gasteiger partial charge in [-0.2, -0.15) is 0 Å². The highest BCUT2D eigenvalue weighted by Gasteiger charge is 2.34. The van der Waals surface area contributed by atoms with E-state index in [0.29, 0.717) is 17.9 Å². The predicted octanol–water partition coefficient (Wildman–Crippen LogP) is 4.52. The van der Waals surface area contributed by atoms with Gasteiger partial charge < -0.3 is 15.0 Å². The molecule has 1 N–H and O–H groups in total. The number of carbonyl (C=O) groups is 2. The maximum absolute atomic E-state index is 14.1. The molecule has 42 heavy (non-hydrogen) atoms. The third-order valence-corrected chi connectivity index (χ3v) is 8.43. The Hall–Kier alpha value is -4.45. The zero-order chi connectivity index (χ0) is 30.7. The summed E-state index contributed by atoms with van der Waals surface area (Å²) in [4.78, 5) is 39.5. The summed E-state index contributed by atoms with van der Waals surface area (Å²) in [6.45, 7) is 3.52. The first-order chi connectivity index (χ1) is 20.1. The molecule has 0 saturated carbocycles. The third-order valence-electron chi connectivity index (χ3n) is 6.64. The van der Waals surface area contributed by atoms with E-state index in [0.717, 1.165) is 23.2 Å². The molecule has 3 aromatic carbocycles. The van der Waals surface area contributed by atoms with Crippen molar-refractivity contribution in [2.45, 2.75) is 50.6 Å². The number of sulfonamides is 1. The van der Waals surface area contributed by atoms with Crippen LogP contribution in [0.15, 0.2) is 83.8 Å². The SMILES string of the molecule is CCCCNC(=O)C(CC)N(Cc1cccc(OC)c1)C(=O)CN(c1cccc([N+](=O)[O-])c1)S(=O)(=O)c1ccccc1. The van der Waals surface area contributed by atoms with Crippen molar-refractivity contribution in [1.82, 2.24) is 10.2 Å². The quantitative estimate of drug-likeness (QED) is 0.155. The van der Waals surface area contributed by atoms with Crippen molar-refractivity contribution >= 4 is 33.2 Å². The van der Waals surface area contributed by atoms with Crippen molar-refractivity contribution in [3.8, 4) is 5.75 Å². The molecule has 0 aliphatic heterocycles. The predicted molar refractivity (Wildman–Crippen MR) is 160 cm³/mol. The standard InChI is InChI=1S/C30H36N4O7S/c1-4-6-18-31-30(36)28(5-2)32(21-23-12-10-15-26(19-23)41-3)29(35)22-33(24-13-11-14-25(20-24)34(37)38)42(39,40)27-16-8-7-9-17-27/h7-17,19-20,28H,4-6,18,21-22H2,1-3H3,(H,31,36). The molecule has 0 saturated heterocycles. The monoisotopic (exact) mass is 596 g/mol. The lowest BCUT2D eigenvalue weighted by Gasteiger charge is -2.33. The fourth-order valence-corrected chi connectivity index (χ4v) is 5.83. The van der Waals surface area contributed by atoms with Gasteiger partial charge >= 0.3 is 0 Å². The second-order valence-corrected chi connectivity index (χ2v) is 11.4. The molecular formula is C30H36N4O7S. The van der Waals surface area contributed by atoms with Gasteiger partial charge in [0.1, 0.15) is 18.3 Å². The van der Waals surface area contributed by atoms with Gasteiger partial charge in [-0.1, -0.05) is 56.7 Å². The van der Waals surface area contributed by atoms with Gasteiger partial charge in [0.2, 0.25) is 11.8 Å². The number of nitrogens with zero attached hydrogens (tertiary/aromatic N) is 3. The number of amides is 2. The van der Waals surface area contributed by atoms with E-state index >= 15 is 0 Å². The Labute approximate surface area is 246 Å². The van der Waals surface area contributed by atoms with Crippen molar-refractivity contribution < 1.29 is 27.7 Å². The number of non-ortho nitro benzene ring substituents is 1. The lowest BCUT2D eigenvalue weighted by Crippen LogP contribution is -2.52. The van der Waals surface area contributed by atoms with Crippen LogP contribution in [0.5, 0.6) is 5.75 Å². The molecule has 0 bridgehead atoms. The Morgan fingerprint density at radius 1 is 1.00 bits per heavy atom. The number of hydrogen-bond donors (Lipinski definition) is 1. The van der Waals surface area contributed by atoms with E-state index in [-0.39, 0.29) is 35.1 Å². The van der Waals surface area contributed by atoms with E-state index in [2.05, 4.69) is 5.32 Å². The summed E-state index contributed by atoms with van der Waals surface area (Å²) in [6.07, 6.45) is 1.91. The van der Waals surface area contributed by atoms with E-state index in [4.69, 9.17) is 4.74 Å². The van der Waals surface area contributed by atoms with Crippen molar-refractivity contribution in [1.29, 1.82) is 0 Å². The lowest BCUT2D eigenvalue weighted by molar-refractivity contribution is -0.384. The highest BCUT2D eigenvalue weighted by molar-refractivity contribution is 7.92. The number of nitro groups is 1. The van der Waals surface area contributed by atoms with Gasteiger partial charge in [-0.15, -0.1) is 0 Å². The number of rotatable bonds is 15. The highest BCUT2D eigenvalue weighted by atomic mass is 32.2. The molecule has 0 aromatic heterocycles. The van der Waals surface area contributed by atoms with Crippen LogP contribution in [0.3, 0.4) is 0 Å². The molecule has 1 unspecified atom stereocenters. The number of methoxy groups -OCH3 is 1. The molecule has 0 heterocycles. The van der Waals surface area contributed by atoms with Gasteiger partial charge in [0.15, 0.2) is 0 Å². The third kappa shape index (κ3) is 8.06. The number of anilines is 1. The average Bonchev–Trinajstić information content (AvgIpc) is 3.00. The first-order valence-corrected chi connectivity index (χ1v) is 15.1. The summed E-state index contributed by atoms with van der Waals surface area (Å²) in [5.74, 6) is -0.443. The molecule has 12 heteroatoms. The largest absolute Gasteiger partial charge is 0.497 e. The number of nitrogens with one attached hydrogen (secondary N) is 1. The first-order valence-electron chi connectivity index (χ1n) is 13.6. The van der Waals surface area contributed by atoms with Crippen molar-refractivity contribution in [2.75, 3.05) is 24.5 Å². The van der Waals surface area contributed by atoms with Crippen LogP contribution in [0.4, 0.5) is 11.4 Å². The lowest BCUT2D eigenvalue weighted by atomic mass is 10.1. The summed E-state index contributed by atoms with van der Waals surface area (Å²) < 4.78 is 33.9. The fourth-order valence-electron chi connectivity index (χ4n) is 4.40. The highest BCUT2D eigenvalue weighted by Crippen LogP contribution is 2.28. The molecule has 0 aliphatic carbocycles. The summed E-state index contributed by atoms with van der Waals surface area (Å²) in [5, 5.41) is 14.4. The first kappa shape index (κ1) is 32.1. The molecule has 3 rings (SSSR count). The molecule has 11 nitrogen and oxygen atoms in total. The van der Waals surface area contributed by atoms with E-state index in [1.165, 1.54) is 42.3 Å². The minimum Gasteiger partial charge on any atom is -0.497 e. The van der Waals surface area contributed by atoms with Crippen LogP contribution in [0, 0.1) is 10.1 Å². The van der Waals surface area contributed by atoms with Crippen LogP contribution >= 0.6 is 0 Å². The molecular weight excluding hydrogens is 560 g/mol. The Balaban J connectivity index is 2.07. The fraction of sp³-hybridized carbons (Fsp3) is 0.333. The van der Waals surface area contributed by atoms with Crippen LogP contribution in [0.25, 0.3) is 0 Å². The molecule has 2 amide bonds. The second kappa shape index (κ2) is 15.0. The van der Waals surface area contributed by atoms with Gasteiger partial charge in [0.05, 0.1) is 22.6 Å². The van der Waals surface area contributed by atoms with Gasteiger partial charge in [-0.25, -0.2) is 8.42 Å².